The summed E-state index contributed by atoms with van der Waals surface area (Å²) in [6.07, 6.45) is 0.612. The van der Waals surface area contributed by atoms with Crippen molar-refractivity contribution in [2.75, 3.05) is 39.9 Å². The van der Waals surface area contributed by atoms with Crippen LogP contribution in [0.25, 0.3) is 0 Å². The van der Waals surface area contributed by atoms with E-state index in [1.165, 1.54) is 0 Å². The molecule has 0 saturated carbocycles. The van der Waals surface area contributed by atoms with E-state index < -0.39 is 0 Å². The van der Waals surface area contributed by atoms with E-state index in [2.05, 4.69) is 10.2 Å². The average molecular weight is 303 g/mol. The van der Waals surface area contributed by atoms with Crippen molar-refractivity contribution < 1.29 is 14.9 Å². The molecule has 1 heterocycles. The molecule has 0 spiro atoms. The third-order valence-corrected chi connectivity index (χ3v) is 3.59. The van der Waals surface area contributed by atoms with E-state index in [-0.39, 0.29) is 30.8 Å². The summed E-state index contributed by atoms with van der Waals surface area (Å²) in [4.78, 5) is 2.29. The normalized spacial score (nSPS) is 17.3. The summed E-state index contributed by atoms with van der Waals surface area (Å²) in [5, 5.41) is 22.7. The number of ether oxygens (including phenoxy) is 1. The maximum atomic E-state index is 10.1. The van der Waals surface area contributed by atoms with Crippen molar-refractivity contribution in [1.29, 1.82) is 0 Å². The van der Waals surface area contributed by atoms with Gasteiger partial charge in [-0.3, -0.25) is 4.90 Å². The van der Waals surface area contributed by atoms with Crippen LogP contribution in [0.3, 0.4) is 0 Å². The third kappa shape index (κ3) is 3.99. The first kappa shape index (κ1) is 17.0. The van der Waals surface area contributed by atoms with Crippen LogP contribution in [0.4, 0.5) is 0 Å². The van der Waals surface area contributed by atoms with Gasteiger partial charge in [-0.1, -0.05) is 0 Å². The molecule has 0 unspecified atom stereocenters. The number of halogens is 1. The molecular formula is C14H23ClN2O3. The number of benzene rings is 1. The minimum absolute atomic E-state index is 0. The molecule has 1 saturated heterocycles. The van der Waals surface area contributed by atoms with Gasteiger partial charge in [0, 0.05) is 44.4 Å². The van der Waals surface area contributed by atoms with Gasteiger partial charge in [0.2, 0.25) is 0 Å². The first-order valence-electron chi connectivity index (χ1n) is 6.68. The molecule has 1 aromatic carbocycles. The molecule has 0 aliphatic carbocycles. The number of aromatic hydroxyl groups is 1. The van der Waals surface area contributed by atoms with Gasteiger partial charge in [-0.15, -0.1) is 12.4 Å². The summed E-state index contributed by atoms with van der Waals surface area (Å²) in [6.45, 7) is 3.81. The van der Waals surface area contributed by atoms with E-state index >= 15 is 0 Å². The molecule has 1 aliphatic rings. The number of aliphatic hydroxyl groups excluding tert-OH is 1. The third-order valence-electron chi connectivity index (χ3n) is 3.59. The number of nitrogens with zero attached hydrogens (tertiary/aromatic N) is 1. The summed E-state index contributed by atoms with van der Waals surface area (Å²) >= 11 is 0. The van der Waals surface area contributed by atoms with Gasteiger partial charge in [0.1, 0.15) is 11.5 Å². The first-order chi connectivity index (χ1) is 9.26. The van der Waals surface area contributed by atoms with Crippen molar-refractivity contribution in [2.45, 2.75) is 12.5 Å². The lowest BCUT2D eigenvalue weighted by Gasteiger charge is -2.35. The molecule has 2 rings (SSSR count). The van der Waals surface area contributed by atoms with Gasteiger partial charge in [0.05, 0.1) is 7.11 Å². The molecule has 0 radical (unpaired) electrons. The van der Waals surface area contributed by atoms with Crippen molar-refractivity contribution >= 4 is 12.4 Å². The number of phenols is 1. The summed E-state index contributed by atoms with van der Waals surface area (Å²) in [7, 11) is 1.61. The number of rotatable bonds is 5. The lowest BCUT2D eigenvalue weighted by molar-refractivity contribution is 0.139. The highest BCUT2D eigenvalue weighted by Crippen LogP contribution is 2.34. The van der Waals surface area contributed by atoms with E-state index in [4.69, 9.17) is 4.74 Å². The fourth-order valence-corrected chi connectivity index (χ4v) is 2.58. The average Bonchev–Trinajstić information content (AvgIpc) is 2.47. The lowest BCUT2D eigenvalue weighted by Crippen LogP contribution is -2.45. The van der Waals surface area contributed by atoms with Gasteiger partial charge in [0.25, 0.3) is 0 Å². The van der Waals surface area contributed by atoms with Gasteiger partial charge >= 0.3 is 0 Å². The molecule has 5 nitrogen and oxygen atoms in total. The standard InChI is InChI=1S/C14H22N2O3.ClH/c1-19-11-2-3-14(18)12(10-11)13(4-9-17)16-7-5-15-6-8-16;/h2-3,10,13,15,17-18H,4-9H2,1H3;1H/t13-;/m0./s1. The SMILES string of the molecule is COc1ccc(O)c([C@H](CCO)N2CCNCC2)c1.Cl. The van der Waals surface area contributed by atoms with E-state index in [9.17, 15) is 10.2 Å². The molecule has 0 bridgehead atoms. The highest BCUT2D eigenvalue weighted by molar-refractivity contribution is 5.85. The van der Waals surface area contributed by atoms with Gasteiger partial charge in [0.15, 0.2) is 0 Å². The summed E-state index contributed by atoms with van der Waals surface area (Å²) in [6, 6.07) is 5.28. The zero-order valence-electron chi connectivity index (χ0n) is 11.7. The van der Waals surface area contributed by atoms with Gasteiger partial charge in [-0.2, -0.15) is 0 Å². The summed E-state index contributed by atoms with van der Waals surface area (Å²) < 4.78 is 5.22. The lowest BCUT2D eigenvalue weighted by atomic mass is 10.00. The molecule has 1 aliphatic heterocycles. The Morgan fingerprint density at radius 1 is 1.35 bits per heavy atom. The Kier molecular flexibility index (Phi) is 7.09. The van der Waals surface area contributed by atoms with Crippen LogP contribution in [0.15, 0.2) is 18.2 Å². The maximum absolute atomic E-state index is 10.1. The zero-order chi connectivity index (χ0) is 13.7. The number of piperazine rings is 1. The van der Waals surface area contributed by atoms with Crippen LogP contribution in [-0.2, 0) is 0 Å². The van der Waals surface area contributed by atoms with E-state index in [0.29, 0.717) is 6.42 Å². The van der Waals surface area contributed by atoms with E-state index in [0.717, 1.165) is 37.5 Å². The predicted molar refractivity (Wildman–Crippen MR) is 80.8 cm³/mol. The monoisotopic (exact) mass is 302 g/mol. The number of nitrogens with one attached hydrogen (secondary N) is 1. The molecule has 1 aromatic rings. The second-order valence-electron chi connectivity index (χ2n) is 4.74. The molecule has 114 valence electrons. The number of hydrogen-bond donors (Lipinski definition) is 3. The van der Waals surface area contributed by atoms with Crippen molar-refractivity contribution in [2.24, 2.45) is 0 Å². The maximum Gasteiger partial charge on any atom is 0.120 e. The minimum Gasteiger partial charge on any atom is -0.508 e. The molecular weight excluding hydrogens is 280 g/mol. The van der Waals surface area contributed by atoms with Crippen molar-refractivity contribution in [3.8, 4) is 11.5 Å². The van der Waals surface area contributed by atoms with Gasteiger partial charge < -0.3 is 20.3 Å². The van der Waals surface area contributed by atoms with Crippen LogP contribution in [0, 0.1) is 0 Å². The number of hydrogen-bond acceptors (Lipinski definition) is 5. The van der Waals surface area contributed by atoms with Crippen LogP contribution >= 0.6 is 12.4 Å². The van der Waals surface area contributed by atoms with Gasteiger partial charge in [-0.25, -0.2) is 0 Å². The van der Waals surface area contributed by atoms with Crippen LogP contribution in [-0.4, -0.2) is 55.0 Å². The Labute approximate surface area is 126 Å². The van der Waals surface area contributed by atoms with Crippen LogP contribution < -0.4 is 10.1 Å². The quantitative estimate of drug-likeness (QED) is 0.761. The Balaban J connectivity index is 0.00000200. The topological polar surface area (TPSA) is 65.0 Å². The highest BCUT2D eigenvalue weighted by atomic mass is 35.5. The second kappa shape index (κ2) is 8.32. The number of methoxy groups -OCH3 is 1. The largest absolute Gasteiger partial charge is 0.508 e. The second-order valence-corrected chi connectivity index (χ2v) is 4.74. The molecule has 20 heavy (non-hydrogen) atoms. The smallest absolute Gasteiger partial charge is 0.120 e. The molecule has 0 aromatic heterocycles. The van der Waals surface area contributed by atoms with E-state index in [1.54, 1.807) is 19.2 Å². The van der Waals surface area contributed by atoms with Gasteiger partial charge in [-0.05, 0) is 24.6 Å². The molecule has 3 N–H and O–H groups in total. The predicted octanol–water partition coefficient (Wildman–Crippen LogP) is 1.15. The molecule has 1 atom stereocenters. The molecule has 0 amide bonds. The zero-order valence-corrected chi connectivity index (χ0v) is 12.5. The fourth-order valence-electron chi connectivity index (χ4n) is 2.58. The highest BCUT2D eigenvalue weighted by Gasteiger charge is 2.24. The van der Waals surface area contributed by atoms with Crippen LogP contribution in [0.1, 0.15) is 18.0 Å². The Morgan fingerprint density at radius 3 is 2.65 bits per heavy atom. The Hall–Kier alpha value is -1.01. The van der Waals surface area contributed by atoms with Crippen LogP contribution in [0.5, 0.6) is 11.5 Å². The summed E-state index contributed by atoms with van der Waals surface area (Å²) in [5.41, 5.74) is 0.829. The van der Waals surface area contributed by atoms with Crippen LogP contribution in [0.2, 0.25) is 0 Å². The van der Waals surface area contributed by atoms with Crippen molar-refractivity contribution in [1.82, 2.24) is 10.2 Å². The molecule has 6 heteroatoms. The number of phenolic OH excluding ortho intramolecular Hbond substituents is 1. The summed E-state index contributed by atoms with van der Waals surface area (Å²) in [5.74, 6) is 0.989. The fraction of sp³-hybridized carbons (Fsp3) is 0.571. The Morgan fingerprint density at radius 2 is 2.05 bits per heavy atom. The minimum atomic E-state index is 0. The van der Waals surface area contributed by atoms with Crippen molar-refractivity contribution in [3.05, 3.63) is 23.8 Å². The van der Waals surface area contributed by atoms with E-state index in [1.807, 2.05) is 6.07 Å². The Bertz CT molecular complexity index is 411. The number of aliphatic hydroxyl groups is 1. The first-order valence-corrected chi connectivity index (χ1v) is 6.68. The van der Waals surface area contributed by atoms with Crippen molar-refractivity contribution in [3.63, 3.8) is 0 Å². The molecule has 1 fully saturated rings.